The highest BCUT2D eigenvalue weighted by Gasteiger charge is 2.33. The summed E-state index contributed by atoms with van der Waals surface area (Å²) in [6.45, 7) is 0. The van der Waals surface area contributed by atoms with Crippen molar-refractivity contribution in [1.82, 2.24) is 9.88 Å². The number of rotatable bonds is 4. The van der Waals surface area contributed by atoms with Crippen LogP contribution in [0.1, 0.15) is 49.1 Å². The SMILES string of the molecule is O=C1c2ccccc2C(=O)N1C=Cc1ccncc1C(O)c1ccc(C(F)(F)F)cc1. The van der Waals surface area contributed by atoms with Crippen LogP contribution in [0.2, 0.25) is 0 Å². The van der Waals surface area contributed by atoms with Crippen LogP contribution in [-0.4, -0.2) is 26.8 Å². The summed E-state index contributed by atoms with van der Waals surface area (Å²) in [5.41, 5.74) is 0.805. The average Bonchev–Trinajstić information content (AvgIpc) is 3.01. The van der Waals surface area contributed by atoms with E-state index in [1.807, 2.05) is 0 Å². The molecule has 0 radical (unpaired) electrons. The predicted octanol–water partition coefficient (Wildman–Crippen LogP) is 4.45. The van der Waals surface area contributed by atoms with Gasteiger partial charge in [-0.1, -0.05) is 24.3 Å². The number of hydrogen-bond acceptors (Lipinski definition) is 4. The Morgan fingerprint density at radius 2 is 1.55 bits per heavy atom. The molecule has 4 rings (SSSR count). The van der Waals surface area contributed by atoms with Gasteiger partial charge >= 0.3 is 6.18 Å². The number of amides is 2. The van der Waals surface area contributed by atoms with Gasteiger partial charge in [-0.05, 0) is 47.5 Å². The second kappa shape index (κ2) is 7.81. The van der Waals surface area contributed by atoms with E-state index in [1.54, 1.807) is 30.3 Å². The second-order valence-electron chi connectivity index (χ2n) is 6.87. The lowest BCUT2D eigenvalue weighted by atomic mass is 9.97. The standard InChI is InChI=1S/C23H15F3N2O3/c24-23(25,26)16-7-5-15(6-8-16)20(29)19-13-27-11-9-14(19)10-12-28-21(30)17-3-1-2-4-18(17)22(28)31/h1-13,20,29H. The molecule has 1 aromatic heterocycles. The fourth-order valence-corrected chi connectivity index (χ4v) is 3.33. The van der Waals surface area contributed by atoms with Crippen molar-refractivity contribution in [2.45, 2.75) is 12.3 Å². The number of fused-ring (bicyclic) bond motifs is 1. The summed E-state index contributed by atoms with van der Waals surface area (Å²) in [5.74, 6) is -0.925. The minimum absolute atomic E-state index is 0.247. The average molecular weight is 424 g/mol. The fourth-order valence-electron chi connectivity index (χ4n) is 3.33. The number of carbonyl (C=O) groups excluding carboxylic acids is 2. The van der Waals surface area contributed by atoms with Crippen molar-refractivity contribution in [1.29, 1.82) is 0 Å². The number of nitrogens with zero attached hydrogens (tertiary/aromatic N) is 2. The van der Waals surface area contributed by atoms with E-state index in [0.29, 0.717) is 22.3 Å². The Bertz CT molecular complexity index is 1150. The normalized spacial score (nSPS) is 14.9. The first-order valence-corrected chi connectivity index (χ1v) is 9.21. The molecule has 31 heavy (non-hydrogen) atoms. The molecule has 0 bridgehead atoms. The third-order valence-electron chi connectivity index (χ3n) is 4.96. The molecule has 5 nitrogen and oxygen atoms in total. The smallest absolute Gasteiger partial charge is 0.384 e. The molecule has 2 aromatic carbocycles. The summed E-state index contributed by atoms with van der Waals surface area (Å²) in [7, 11) is 0. The van der Waals surface area contributed by atoms with E-state index in [2.05, 4.69) is 4.98 Å². The van der Waals surface area contributed by atoms with Gasteiger partial charge in [0.1, 0.15) is 6.10 Å². The van der Waals surface area contributed by atoms with Crippen LogP contribution in [0, 0.1) is 0 Å². The summed E-state index contributed by atoms with van der Waals surface area (Å²) >= 11 is 0. The molecule has 0 spiro atoms. The van der Waals surface area contributed by atoms with Crippen LogP contribution in [0.4, 0.5) is 13.2 Å². The molecule has 1 N–H and O–H groups in total. The number of hydrogen-bond donors (Lipinski definition) is 1. The Hall–Kier alpha value is -3.78. The van der Waals surface area contributed by atoms with Crippen LogP contribution in [0.25, 0.3) is 6.08 Å². The molecule has 1 unspecified atom stereocenters. The van der Waals surface area contributed by atoms with Gasteiger partial charge in [-0.2, -0.15) is 13.2 Å². The number of aliphatic hydroxyl groups is 1. The van der Waals surface area contributed by atoms with Gasteiger partial charge in [0.2, 0.25) is 0 Å². The van der Waals surface area contributed by atoms with E-state index in [-0.39, 0.29) is 5.56 Å². The van der Waals surface area contributed by atoms with Crippen LogP contribution in [0.3, 0.4) is 0 Å². The molecule has 2 amide bonds. The maximum Gasteiger partial charge on any atom is 0.416 e. The monoisotopic (exact) mass is 424 g/mol. The van der Waals surface area contributed by atoms with Crippen LogP contribution >= 0.6 is 0 Å². The predicted molar refractivity (Wildman–Crippen MR) is 106 cm³/mol. The van der Waals surface area contributed by atoms with Crippen molar-refractivity contribution in [2.24, 2.45) is 0 Å². The zero-order chi connectivity index (χ0) is 22.2. The lowest BCUT2D eigenvalue weighted by molar-refractivity contribution is -0.137. The highest BCUT2D eigenvalue weighted by atomic mass is 19.4. The van der Waals surface area contributed by atoms with Crippen molar-refractivity contribution in [3.05, 3.63) is 107 Å². The van der Waals surface area contributed by atoms with Gasteiger partial charge in [-0.3, -0.25) is 14.6 Å². The van der Waals surface area contributed by atoms with Gasteiger partial charge in [0.15, 0.2) is 0 Å². The van der Waals surface area contributed by atoms with Crippen LogP contribution in [0.15, 0.2) is 73.2 Å². The number of benzene rings is 2. The number of imide groups is 1. The maximum atomic E-state index is 12.8. The lowest BCUT2D eigenvalue weighted by Crippen LogP contribution is -2.23. The van der Waals surface area contributed by atoms with Crippen LogP contribution < -0.4 is 0 Å². The minimum Gasteiger partial charge on any atom is -0.384 e. The molecular formula is C23H15F3N2O3. The summed E-state index contributed by atoms with van der Waals surface area (Å²) in [4.78, 5) is 29.9. The van der Waals surface area contributed by atoms with E-state index in [0.717, 1.165) is 17.0 Å². The van der Waals surface area contributed by atoms with E-state index < -0.39 is 29.7 Å². The summed E-state index contributed by atoms with van der Waals surface area (Å²) in [5, 5.41) is 10.7. The molecular weight excluding hydrogens is 409 g/mol. The molecule has 0 aliphatic carbocycles. The lowest BCUT2D eigenvalue weighted by Gasteiger charge is -2.15. The largest absolute Gasteiger partial charge is 0.416 e. The first-order valence-electron chi connectivity index (χ1n) is 9.21. The second-order valence-corrected chi connectivity index (χ2v) is 6.87. The minimum atomic E-state index is -4.47. The first kappa shape index (κ1) is 20.5. The van der Waals surface area contributed by atoms with Crippen LogP contribution in [0.5, 0.6) is 0 Å². The molecule has 1 atom stereocenters. The van der Waals surface area contributed by atoms with Crippen molar-refractivity contribution in [3.8, 4) is 0 Å². The Labute approximate surface area is 175 Å². The molecule has 0 fully saturated rings. The van der Waals surface area contributed by atoms with E-state index in [9.17, 15) is 27.9 Å². The molecule has 1 aliphatic rings. The Morgan fingerprint density at radius 1 is 0.935 bits per heavy atom. The Balaban J connectivity index is 1.61. The van der Waals surface area contributed by atoms with Crippen molar-refractivity contribution >= 4 is 17.9 Å². The van der Waals surface area contributed by atoms with E-state index >= 15 is 0 Å². The molecule has 156 valence electrons. The Kier molecular flexibility index (Phi) is 5.16. The number of aliphatic hydroxyl groups excluding tert-OH is 1. The number of halogens is 3. The summed E-state index contributed by atoms with van der Waals surface area (Å²) < 4.78 is 38.3. The quantitative estimate of drug-likeness (QED) is 0.629. The highest BCUT2D eigenvalue weighted by molar-refractivity contribution is 6.22. The maximum absolute atomic E-state index is 12.8. The van der Waals surface area contributed by atoms with Gasteiger partial charge < -0.3 is 5.11 Å². The van der Waals surface area contributed by atoms with Crippen molar-refractivity contribution in [3.63, 3.8) is 0 Å². The Morgan fingerprint density at radius 3 is 2.13 bits per heavy atom. The third-order valence-corrected chi connectivity index (χ3v) is 4.96. The number of aromatic nitrogens is 1. The summed E-state index contributed by atoms with van der Waals surface area (Å²) in [6, 6.07) is 12.2. The van der Waals surface area contributed by atoms with Gasteiger partial charge in [0.25, 0.3) is 11.8 Å². The van der Waals surface area contributed by atoms with Gasteiger partial charge in [0.05, 0.1) is 16.7 Å². The summed E-state index contributed by atoms with van der Waals surface area (Å²) in [6.07, 6.45) is -0.0968. The molecule has 8 heteroatoms. The van der Waals surface area contributed by atoms with E-state index in [4.69, 9.17) is 0 Å². The molecule has 0 saturated carbocycles. The number of carbonyl (C=O) groups is 2. The first-order chi connectivity index (χ1) is 14.8. The molecule has 3 aromatic rings. The van der Waals surface area contributed by atoms with E-state index in [1.165, 1.54) is 36.8 Å². The zero-order valence-corrected chi connectivity index (χ0v) is 15.9. The third kappa shape index (κ3) is 3.85. The number of pyridine rings is 1. The topological polar surface area (TPSA) is 70.5 Å². The highest BCUT2D eigenvalue weighted by Crippen LogP contribution is 2.32. The van der Waals surface area contributed by atoms with Gasteiger partial charge in [-0.25, -0.2) is 4.90 Å². The molecule has 1 aliphatic heterocycles. The fraction of sp³-hybridized carbons (Fsp3) is 0.0870. The van der Waals surface area contributed by atoms with Gasteiger partial charge in [-0.15, -0.1) is 0 Å². The van der Waals surface area contributed by atoms with Crippen LogP contribution in [-0.2, 0) is 6.18 Å². The van der Waals surface area contributed by atoms with Crippen molar-refractivity contribution in [2.75, 3.05) is 0 Å². The van der Waals surface area contributed by atoms with Crippen molar-refractivity contribution < 1.29 is 27.9 Å². The molecule has 0 saturated heterocycles. The van der Waals surface area contributed by atoms with Gasteiger partial charge in [0, 0.05) is 24.2 Å². The zero-order valence-electron chi connectivity index (χ0n) is 15.9. The number of alkyl halides is 3. The molecule has 2 heterocycles.